The Morgan fingerprint density at radius 2 is 1.95 bits per heavy atom. The maximum atomic E-state index is 13.3. The average molecular weight is 283 g/mol. The Morgan fingerprint density at radius 1 is 1.25 bits per heavy atom. The average Bonchev–Trinajstić information content (AvgIpc) is 2.67. The van der Waals surface area contributed by atoms with E-state index in [1.54, 1.807) is 25.1 Å². The standard InChI is InChI=1S/C14H16F3N3/c1-9-4-3-5-11(8-9)20-13(14(15,16)17)12(6-7-18)10(2)19-20/h3-5,8H,6-7,18H2,1-2H3. The van der Waals surface area contributed by atoms with Crippen molar-refractivity contribution in [3.63, 3.8) is 0 Å². The van der Waals surface area contributed by atoms with Gasteiger partial charge < -0.3 is 5.73 Å². The van der Waals surface area contributed by atoms with Gasteiger partial charge in [-0.2, -0.15) is 18.3 Å². The topological polar surface area (TPSA) is 43.8 Å². The Labute approximate surface area is 115 Å². The fourth-order valence-electron chi connectivity index (χ4n) is 2.24. The van der Waals surface area contributed by atoms with Crippen molar-refractivity contribution in [3.05, 3.63) is 46.8 Å². The first kappa shape index (κ1) is 14.6. The van der Waals surface area contributed by atoms with Crippen molar-refractivity contribution in [2.45, 2.75) is 26.4 Å². The zero-order chi connectivity index (χ0) is 14.9. The number of aryl methyl sites for hydroxylation is 2. The molecule has 3 nitrogen and oxygen atoms in total. The van der Waals surface area contributed by atoms with Gasteiger partial charge in [0.25, 0.3) is 0 Å². The molecule has 0 unspecified atom stereocenters. The number of benzene rings is 1. The van der Waals surface area contributed by atoms with E-state index < -0.39 is 11.9 Å². The number of alkyl halides is 3. The summed E-state index contributed by atoms with van der Waals surface area (Å²) >= 11 is 0. The lowest BCUT2D eigenvalue weighted by atomic mass is 10.1. The zero-order valence-electron chi connectivity index (χ0n) is 11.3. The van der Waals surface area contributed by atoms with Crippen LogP contribution in [0.5, 0.6) is 0 Å². The molecule has 2 rings (SSSR count). The molecule has 0 bridgehead atoms. The van der Waals surface area contributed by atoms with Crippen molar-refractivity contribution < 1.29 is 13.2 Å². The fraction of sp³-hybridized carbons (Fsp3) is 0.357. The van der Waals surface area contributed by atoms with Gasteiger partial charge in [0.2, 0.25) is 0 Å². The highest BCUT2D eigenvalue weighted by atomic mass is 19.4. The molecular formula is C14H16F3N3. The summed E-state index contributed by atoms with van der Waals surface area (Å²) in [4.78, 5) is 0. The third-order valence-electron chi connectivity index (χ3n) is 3.09. The van der Waals surface area contributed by atoms with E-state index >= 15 is 0 Å². The summed E-state index contributed by atoms with van der Waals surface area (Å²) in [5.41, 5.74) is 6.50. The summed E-state index contributed by atoms with van der Waals surface area (Å²) in [6.07, 6.45) is -4.30. The summed E-state index contributed by atoms with van der Waals surface area (Å²) in [5.74, 6) is 0. The van der Waals surface area contributed by atoms with Gasteiger partial charge in [0.15, 0.2) is 5.69 Å². The van der Waals surface area contributed by atoms with Crippen molar-refractivity contribution in [1.82, 2.24) is 9.78 Å². The SMILES string of the molecule is Cc1cccc(-n2nc(C)c(CCN)c2C(F)(F)F)c1. The van der Waals surface area contributed by atoms with Gasteiger partial charge in [-0.15, -0.1) is 0 Å². The van der Waals surface area contributed by atoms with Crippen LogP contribution in [0, 0.1) is 13.8 Å². The Balaban J connectivity index is 2.67. The molecule has 0 amide bonds. The van der Waals surface area contributed by atoms with Gasteiger partial charge in [0.05, 0.1) is 11.4 Å². The van der Waals surface area contributed by atoms with Crippen LogP contribution >= 0.6 is 0 Å². The van der Waals surface area contributed by atoms with E-state index in [0.29, 0.717) is 11.4 Å². The first-order chi connectivity index (χ1) is 9.34. The number of nitrogens with two attached hydrogens (primary N) is 1. The van der Waals surface area contributed by atoms with Crippen LogP contribution in [-0.4, -0.2) is 16.3 Å². The maximum Gasteiger partial charge on any atom is 0.433 e. The fourth-order valence-corrected chi connectivity index (χ4v) is 2.24. The largest absolute Gasteiger partial charge is 0.433 e. The molecule has 0 aliphatic heterocycles. The lowest BCUT2D eigenvalue weighted by molar-refractivity contribution is -0.143. The molecule has 0 radical (unpaired) electrons. The zero-order valence-corrected chi connectivity index (χ0v) is 11.3. The Morgan fingerprint density at radius 3 is 2.50 bits per heavy atom. The number of hydrogen-bond donors (Lipinski definition) is 1. The first-order valence-corrected chi connectivity index (χ1v) is 6.27. The van der Waals surface area contributed by atoms with Gasteiger partial charge in [-0.25, -0.2) is 4.68 Å². The predicted octanol–water partition coefficient (Wildman–Crippen LogP) is 3.01. The molecule has 108 valence electrons. The normalized spacial score (nSPS) is 11.9. The van der Waals surface area contributed by atoms with Crippen LogP contribution in [0.2, 0.25) is 0 Å². The molecule has 1 aromatic carbocycles. The Hall–Kier alpha value is -1.82. The van der Waals surface area contributed by atoms with E-state index in [1.165, 1.54) is 0 Å². The van der Waals surface area contributed by atoms with Gasteiger partial charge in [0.1, 0.15) is 0 Å². The molecule has 0 aliphatic carbocycles. The van der Waals surface area contributed by atoms with E-state index in [0.717, 1.165) is 10.2 Å². The minimum absolute atomic E-state index is 0.156. The molecule has 1 heterocycles. The lowest BCUT2D eigenvalue weighted by Gasteiger charge is -2.13. The molecule has 1 aromatic heterocycles. The molecule has 0 fully saturated rings. The maximum absolute atomic E-state index is 13.3. The van der Waals surface area contributed by atoms with E-state index in [2.05, 4.69) is 5.10 Å². The second-order valence-corrected chi connectivity index (χ2v) is 4.70. The summed E-state index contributed by atoms with van der Waals surface area (Å²) in [7, 11) is 0. The third-order valence-corrected chi connectivity index (χ3v) is 3.09. The summed E-state index contributed by atoms with van der Waals surface area (Å²) in [6, 6.07) is 6.83. The predicted molar refractivity (Wildman–Crippen MR) is 70.8 cm³/mol. The molecule has 0 saturated carbocycles. The first-order valence-electron chi connectivity index (χ1n) is 6.27. The van der Waals surface area contributed by atoms with Crippen LogP contribution in [0.15, 0.2) is 24.3 Å². The van der Waals surface area contributed by atoms with Crippen LogP contribution in [0.3, 0.4) is 0 Å². The number of hydrogen-bond acceptors (Lipinski definition) is 2. The van der Waals surface area contributed by atoms with Crippen molar-refractivity contribution in [2.75, 3.05) is 6.54 Å². The summed E-state index contributed by atoms with van der Waals surface area (Å²) in [5, 5.41) is 4.05. The minimum atomic E-state index is -4.46. The lowest BCUT2D eigenvalue weighted by Crippen LogP contribution is -2.17. The van der Waals surface area contributed by atoms with Gasteiger partial charge in [-0.1, -0.05) is 12.1 Å². The Bertz CT molecular complexity index is 615. The van der Waals surface area contributed by atoms with Gasteiger partial charge in [-0.3, -0.25) is 0 Å². The van der Waals surface area contributed by atoms with Crippen LogP contribution in [-0.2, 0) is 12.6 Å². The molecule has 0 saturated heterocycles. The van der Waals surface area contributed by atoms with E-state index in [9.17, 15) is 13.2 Å². The van der Waals surface area contributed by atoms with Crippen molar-refractivity contribution in [3.8, 4) is 5.69 Å². The summed E-state index contributed by atoms with van der Waals surface area (Å²) in [6.45, 7) is 3.56. The number of nitrogens with zero attached hydrogens (tertiary/aromatic N) is 2. The molecule has 0 spiro atoms. The second kappa shape index (κ2) is 5.28. The van der Waals surface area contributed by atoms with Crippen molar-refractivity contribution >= 4 is 0 Å². The van der Waals surface area contributed by atoms with E-state index in [4.69, 9.17) is 5.73 Å². The molecule has 6 heteroatoms. The number of rotatable bonds is 3. The van der Waals surface area contributed by atoms with E-state index in [-0.39, 0.29) is 18.5 Å². The number of halogens is 3. The van der Waals surface area contributed by atoms with Crippen LogP contribution in [0.25, 0.3) is 5.69 Å². The second-order valence-electron chi connectivity index (χ2n) is 4.70. The summed E-state index contributed by atoms with van der Waals surface area (Å²) < 4.78 is 41.0. The van der Waals surface area contributed by atoms with Gasteiger partial charge in [-0.05, 0) is 44.5 Å². The molecule has 2 N–H and O–H groups in total. The van der Waals surface area contributed by atoms with Crippen LogP contribution in [0.1, 0.15) is 22.5 Å². The highest BCUT2D eigenvalue weighted by molar-refractivity contribution is 5.40. The van der Waals surface area contributed by atoms with Crippen molar-refractivity contribution in [1.29, 1.82) is 0 Å². The highest BCUT2D eigenvalue weighted by Gasteiger charge is 2.39. The van der Waals surface area contributed by atoms with Crippen LogP contribution < -0.4 is 5.73 Å². The third kappa shape index (κ3) is 2.70. The molecule has 20 heavy (non-hydrogen) atoms. The van der Waals surface area contributed by atoms with Crippen molar-refractivity contribution in [2.24, 2.45) is 5.73 Å². The quantitative estimate of drug-likeness (QED) is 0.941. The van der Waals surface area contributed by atoms with Gasteiger partial charge >= 0.3 is 6.18 Å². The molecule has 0 aliphatic rings. The van der Waals surface area contributed by atoms with E-state index in [1.807, 2.05) is 13.0 Å². The molecule has 2 aromatic rings. The van der Waals surface area contributed by atoms with Gasteiger partial charge in [0, 0.05) is 5.56 Å². The molecule has 0 atom stereocenters. The van der Waals surface area contributed by atoms with Crippen LogP contribution in [0.4, 0.5) is 13.2 Å². The minimum Gasteiger partial charge on any atom is -0.330 e. The Kier molecular flexibility index (Phi) is 3.85. The molecular weight excluding hydrogens is 267 g/mol. The monoisotopic (exact) mass is 283 g/mol. The smallest absolute Gasteiger partial charge is 0.330 e. The number of aromatic nitrogens is 2. The highest BCUT2D eigenvalue weighted by Crippen LogP contribution is 2.35.